The van der Waals surface area contributed by atoms with Gasteiger partial charge in [0.15, 0.2) is 0 Å². The highest BCUT2D eigenvalue weighted by Gasteiger charge is 2.14. The normalized spacial score (nSPS) is 12.2. The van der Waals surface area contributed by atoms with E-state index in [0.29, 0.717) is 12.2 Å². The van der Waals surface area contributed by atoms with Crippen molar-refractivity contribution in [3.63, 3.8) is 0 Å². The summed E-state index contributed by atoms with van der Waals surface area (Å²) in [4.78, 5) is 11.9. The van der Waals surface area contributed by atoms with Crippen LogP contribution in [0.5, 0.6) is 0 Å². The molecule has 1 unspecified atom stereocenters. The van der Waals surface area contributed by atoms with Crippen LogP contribution >= 0.6 is 0 Å². The van der Waals surface area contributed by atoms with Crippen LogP contribution in [-0.4, -0.2) is 39.7 Å². The molecule has 2 aromatic rings. The van der Waals surface area contributed by atoms with Crippen LogP contribution in [0.2, 0.25) is 0 Å². The quantitative estimate of drug-likeness (QED) is 0.836. The fourth-order valence-electron chi connectivity index (χ4n) is 1.69. The molecular weight excluding hydrogens is 263 g/mol. The largest absolute Gasteiger partial charge is 0.323 e. The molecule has 0 saturated heterocycles. The van der Waals surface area contributed by atoms with E-state index in [2.05, 4.69) is 26.2 Å². The first-order valence-electron chi connectivity index (χ1n) is 6.10. The Bertz CT molecular complexity index is 586. The van der Waals surface area contributed by atoms with Crippen LogP contribution in [0, 0.1) is 11.7 Å². The number of benzene rings is 1. The van der Waals surface area contributed by atoms with E-state index in [1.807, 2.05) is 0 Å². The molecule has 8 heteroatoms. The van der Waals surface area contributed by atoms with Crippen LogP contribution in [0.25, 0.3) is 5.69 Å². The van der Waals surface area contributed by atoms with Crippen molar-refractivity contribution in [2.45, 2.75) is 6.92 Å². The zero-order valence-electron chi connectivity index (χ0n) is 11.2. The van der Waals surface area contributed by atoms with Crippen molar-refractivity contribution in [1.82, 2.24) is 25.5 Å². The van der Waals surface area contributed by atoms with Crippen molar-refractivity contribution in [1.29, 1.82) is 0 Å². The summed E-state index contributed by atoms with van der Waals surface area (Å²) >= 11 is 0. The predicted molar refractivity (Wildman–Crippen MR) is 70.8 cm³/mol. The third-order valence-corrected chi connectivity index (χ3v) is 2.78. The lowest BCUT2D eigenvalue weighted by Gasteiger charge is -2.13. The smallest absolute Gasteiger partial charge is 0.228 e. The van der Waals surface area contributed by atoms with Gasteiger partial charge in [-0.3, -0.25) is 4.79 Å². The number of amides is 1. The number of carbonyl (C=O) groups is 1. The Morgan fingerprint density at radius 3 is 2.95 bits per heavy atom. The van der Waals surface area contributed by atoms with Crippen LogP contribution in [0.3, 0.4) is 0 Å². The highest BCUT2D eigenvalue weighted by atomic mass is 19.1. The minimum absolute atomic E-state index is 0.103. The number of tetrazole rings is 1. The number of rotatable bonds is 5. The number of carbonyl (C=O) groups excluding carboxylic acids is 1. The molecule has 2 N–H and O–H groups in total. The maximum absolute atomic E-state index is 13.7. The van der Waals surface area contributed by atoms with Crippen LogP contribution < -0.4 is 10.6 Å². The summed E-state index contributed by atoms with van der Waals surface area (Å²) in [5.41, 5.74) is 0.666. The Morgan fingerprint density at radius 2 is 2.30 bits per heavy atom. The molecule has 1 amide bonds. The summed E-state index contributed by atoms with van der Waals surface area (Å²) in [7, 11) is 1.75. The molecule has 1 atom stereocenters. The Kier molecular flexibility index (Phi) is 4.36. The SMILES string of the molecule is CNCC(C)C(=O)Nc1cc(-n2cnnn2)ccc1F. The summed E-state index contributed by atoms with van der Waals surface area (Å²) < 4.78 is 15.1. The van der Waals surface area contributed by atoms with E-state index < -0.39 is 5.82 Å². The molecule has 1 aromatic carbocycles. The molecule has 0 radical (unpaired) electrons. The number of hydrogen-bond acceptors (Lipinski definition) is 5. The number of nitrogens with zero attached hydrogens (tertiary/aromatic N) is 4. The van der Waals surface area contributed by atoms with Crippen molar-refractivity contribution in [3.05, 3.63) is 30.3 Å². The maximum atomic E-state index is 13.7. The van der Waals surface area contributed by atoms with Crippen molar-refractivity contribution in [2.75, 3.05) is 18.9 Å². The first kappa shape index (κ1) is 14.1. The molecule has 20 heavy (non-hydrogen) atoms. The molecule has 0 fully saturated rings. The van der Waals surface area contributed by atoms with Gasteiger partial charge in [-0.1, -0.05) is 6.92 Å². The molecule has 2 rings (SSSR count). The first-order valence-corrected chi connectivity index (χ1v) is 6.10. The molecule has 0 saturated carbocycles. The van der Waals surface area contributed by atoms with Crippen molar-refractivity contribution >= 4 is 11.6 Å². The van der Waals surface area contributed by atoms with Crippen LogP contribution in [0.1, 0.15) is 6.92 Å². The average Bonchev–Trinajstić information content (AvgIpc) is 2.95. The lowest BCUT2D eigenvalue weighted by Crippen LogP contribution is -2.29. The van der Waals surface area contributed by atoms with Gasteiger partial charge in [-0.25, -0.2) is 9.07 Å². The van der Waals surface area contributed by atoms with Crippen molar-refractivity contribution in [2.24, 2.45) is 5.92 Å². The number of aromatic nitrogens is 4. The van der Waals surface area contributed by atoms with Crippen molar-refractivity contribution < 1.29 is 9.18 Å². The molecule has 0 aliphatic rings. The minimum atomic E-state index is -0.508. The summed E-state index contributed by atoms with van der Waals surface area (Å²) in [6, 6.07) is 4.27. The lowest BCUT2D eigenvalue weighted by molar-refractivity contribution is -0.119. The number of anilines is 1. The van der Waals surface area contributed by atoms with E-state index in [0.717, 1.165) is 0 Å². The van der Waals surface area contributed by atoms with Crippen LogP contribution in [0.15, 0.2) is 24.5 Å². The summed E-state index contributed by atoms with van der Waals surface area (Å²) in [6.07, 6.45) is 1.39. The van der Waals surface area contributed by atoms with E-state index in [1.54, 1.807) is 14.0 Å². The molecule has 0 aliphatic heterocycles. The zero-order chi connectivity index (χ0) is 14.5. The maximum Gasteiger partial charge on any atom is 0.228 e. The molecule has 0 aliphatic carbocycles. The molecule has 1 aromatic heterocycles. The topological polar surface area (TPSA) is 84.7 Å². The highest BCUT2D eigenvalue weighted by molar-refractivity contribution is 5.92. The number of hydrogen-bond donors (Lipinski definition) is 2. The Hall–Kier alpha value is -2.35. The monoisotopic (exact) mass is 278 g/mol. The van der Waals surface area contributed by atoms with Gasteiger partial charge >= 0.3 is 0 Å². The average molecular weight is 278 g/mol. The van der Waals surface area contributed by atoms with E-state index in [9.17, 15) is 9.18 Å². The van der Waals surface area contributed by atoms with Crippen molar-refractivity contribution in [3.8, 4) is 5.69 Å². The molecular formula is C12H15FN6O. The summed E-state index contributed by atoms with van der Waals surface area (Å²) in [5.74, 6) is -1.03. The van der Waals surface area contributed by atoms with Gasteiger partial charge in [0.05, 0.1) is 11.4 Å². The van der Waals surface area contributed by atoms with Gasteiger partial charge in [0.25, 0.3) is 0 Å². The van der Waals surface area contributed by atoms with Gasteiger partial charge < -0.3 is 10.6 Å². The predicted octanol–water partition coefficient (Wildman–Crippen LogP) is 0.595. The zero-order valence-corrected chi connectivity index (χ0v) is 11.2. The fraction of sp³-hybridized carbons (Fsp3) is 0.333. The summed E-state index contributed by atoms with van der Waals surface area (Å²) in [6.45, 7) is 2.27. The second-order valence-electron chi connectivity index (χ2n) is 4.37. The van der Waals surface area contributed by atoms with Crippen LogP contribution in [0.4, 0.5) is 10.1 Å². The number of halogens is 1. The standard InChI is InChI=1S/C12H15FN6O/c1-8(6-14-2)12(20)16-11-5-9(3-4-10(11)13)19-7-15-17-18-19/h3-5,7-8,14H,6H2,1-2H3,(H,16,20). The van der Waals surface area contributed by atoms with E-state index in [1.165, 1.54) is 29.2 Å². The van der Waals surface area contributed by atoms with E-state index in [4.69, 9.17) is 0 Å². The van der Waals surface area contributed by atoms with Gasteiger partial charge in [-0.2, -0.15) is 0 Å². The Balaban J connectivity index is 2.19. The van der Waals surface area contributed by atoms with E-state index in [-0.39, 0.29) is 17.5 Å². The fourth-order valence-corrected chi connectivity index (χ4v) is 1.69. The second-order valence-corrected chi connectivity index (χ2v) is 4.37. The Labute approximate surface area is 115 Å². The van der Waals surface area contributed by atoms with Gasteiger partial charge in [0.2, 0.25) is 5.91 Å². The molecule has 0 spiro atoms. The molecule has 106 valence electrons. The first-order chi connectivity index (χ1) is 9.61. The minimum Gasteiger partial charge on any atom is -0.323 e. The number of nitrogens with one attached hydrogen (secondary N) is 2. The third kappa shape index (κ3) is 3.15. The van der Waals surface area contributed by atoms with Gasteiger partial charge in [-0.15, -0.1) is 5.10 Å². The van der Waals surface area contributed by atoms with Gasteiger partial charge in [0, 0.05) is 12.5 Å². The second kappa shape index (κ2) is 6.20. The highest BCUT2D eigenvalue weighted by Crippen LogP contribution is 2.18. The lowest BCUT2D eigenvalue weighted by atomic mass is 10.1. The molecule has 1 heterocycles. The Morgan fingerprint density at radius 1 is 1.50 bits per heavy atom. The third-order valence-electron chi connectivity index (χ3n) is 2.78. The van der Waals surface area contributed by atoms with Gasteiger partial charge in [0.1, 0.15) is 12.1 Å². The summed E-state index contributed by atoms with van der Waals surface area (Å²) in [5, 5.41) is 16.2. The van der Waals surface area contributed by atoms with Gasteiger partial charge in [-0.05, 0) is 35.7 Å². The molecule has 7 nitrogen and oxygen atoms in total. The van der Waals surface area contributed by atoms with Crippen LogP contribution in [-0.2, 0) is 4.79 Å². The van der Waals surface area contributed by atoms with E-state index >= 15 is 0 Å². The molecule has 0 bridgehead atoms.